The quantitative estimate of drug-likeness (QED) is 0.617. The Labute approximate surface area is 99.8 Å². The first-order valence-corrected chi connectivity index (χ1v) is 5.63. The summed E-state index contributed by atoms with van der Waals surface area (Å²) in [6.07, 6.45) is -0.352. The number of likely N-dealkylation sites (tertiary alicyclic amines) is 1. The number of hydrogen-bond acceptors (Lipinski definition) is 4. The molecule has 1 fully saturated rings. The first kappa shape index (κ1) is 13.9. The molecule has 1 heterocycles. The topological polar surface area (TPSA) is 98.1 Å². The van der Waals surface area contributed by atoms with Crippen LogP contribution in [0.2, 0.25) is 0 Å². The van der Waals surface area contributed by atoms with Crippen molar-refractivity contribution < 1.29 is 24.9 Å². The van der Waals surface area contributed by atoms with Crippen LogP contribution in [0.25, 0.3) is 0 Å². The molecule has 0 spiro atoms. The molecule has 3 N–H and O–H groups in total. The number of hydrogen-bond donors (Lipinski definition) is 3. The van der Waals surface area contributed by atoms with E-state index >= 15 is 0 Å². The summed E-state index contributed by atoms with van der Waals surface area (Å²) in [6.45, 7) is 3.11. The number of carbonyl (C=O) groups is 2. The molecule has 1 amide bonds. The van der Waals surface area contributed by atoms with Crippen molar-refractivity contribution in [3.8, 4) is 0 Å². The van der Waals surface area contributed by atoms with E-state index in [0.717, 1.165) is 0 Å². The summed E-state index contributed by atoms with van der Waals surface area (Å²) in [4.78, 5) is 24.1. The fraction of sp³-hybridized carbons (Fsp3) is 0.818. The third-order valence-corrected chi connectivity index (χ3v) is 3.20. The van der Waals surface area contributed by atoms with Crippen LogP contribution >= 0.6 is 0 Å². The number of carboxylic acids is 1. The highest BCUT2D eigenvalue weighted by atomic mass is 16.4. The predicted molar refractivity (Wildman–Crippen MR) is 59.2 cm³/mol. The molecule has 1 saturated heterocycles. The molecule has 0 aromatic carbocycles. The Hall–Kier alpha value is -1.14. The second kappa shape index (κ2) is 5.01. The van der Waals surface area contributed by atoms with Gasteiger partial charge in [0.1, 0.15) is 12.1 Å². The molecule has 0 aliphatic carbocycles. The smallest absolute Gasteiger partial charge is 0.326 e. The third kappa shape index (κ3) is 2.76. The van der Waals surface area contributed by atoms with Gasteiger partial charge in [-0.2, -0.15) is 0 Å². The summed E-state index contributed by atoms with van der Waals surface area (Å²) in [7, 11) is 0. The average Bonchev–Trinajstić information content (AvgIpc) is 2.75. The predicted octanol–water partition coefficient (Wildman–Crippen LogP) is -0.559. The van der Waals surface area contributed by atoms with Gasteiger partial charge in [-0.1, -0.05) is 13.8 Å². The molecule has 98 valence electrons. The lowest BCUT2D eigenvalue weighted by atomic mass is 9.86. The lowest BCUT2D eigenvalue weighted by molar-refractivity contribution is -0.156. The molecule has 2 unspecified atom stereocenters. The number of aliphatic carboxylic acids is 1. The number of carboxylic acid groups (broad SMARTS) is 1. The summed E-state index contributed by atoms with van der Waals surface area (Å²) in [5.74, 6) is -1.67. The third-order valence-electron chi connectivity index (χ3n) is 3.20. The molecule has 2 atom stereocenters. The van der Waals surface area contributed by atoms with E-state index in [0.29, 0.717) is 19.4 Å². The van der Waals surface area contributed by atoms with Crippen LogP contribution in [0.3, 0.4) is 0 Å². The molecule has 1 aliphatic heterocycles. The molecule has 17 heavy (non-hydrogen) atoms. The summed E-state index contributed by atoms with van der Waals surface area (Å²) in [5, 5.41) is 27.9. The zero-order chi connectivity index (χ0) is 13.2. The molecule has 0 saturated carbocycles. The Bertz CT molecular complexity index is 315. The first-order valence-electron chi connectivity index (χ1n) is 5.63. The molecule has 1 rings (SSSR count). The van der Waals surface area contributed by atoms with Gasteiger partial charge >= 0.3 is 5.97 Å². The Morgan fingerprint density at radius 1 is 1.47 bits per heavy atom. The van der Waals surface area contributed by atoms with E-state index in [-0.39, 0.29) is 6.61 Å². The monoisotopic (exact) mass is 245 g/mol. The normalized spacial score (nSPS) is 22.6. The standard InChI is InChI=1S/C11H19NO5/c1-11(2,6-13)8(14)9(15)12-5-3-4-7(12)10(16)17/h7-8,13-14H,3-6H2,1-2H3,(H,16,17). The van der Waals surface area contributed by atoms with E-state index in [1.54, 1.807) is 13.8 Å². The lowest BCUT2D eigenvalue weighted by Gasteiger charge is -2.32. The van der Waals surface area contributed by atoms with Crippen molar-refractivity contribution in [3.63, 3.8) is 0 Å². The maximum absolute atomic E-state index is 12.0. The first-order chi connectivity index (χ1) is 7.81. The van der Waals surface area contributed by atoms with Crippen molar-refractivity contribution in [2.75, 3.05) is 13.2 Å². The van der Waals surface area contributed by atoms with E-state index in [2.05, 4.69) is 0 Å². The highest BCUT2D eigenvalue weighted by Gasteiger charge is 2.41. The van der Waals surface area contributed by atoms with Gasteiger partial charge in [0, 0.05) is 12.0 Å². The Morgan fingerprint density at radius 3 is 2.53 bits per heavy atom. The Morgan fingerprint density at radius 2 is 2.06 bits per heavy atom. The molecule has 1 aliphatic rings. The number of nitrogens with zero attached hydrogens (tertiary/aromatic N) is 1. The molecule has 0 aromatic rings. The van der Waals surface area contributed by atoms with Gasteiger partial charge in [0.05, 0.1) is 6.61 Å². The minimum absolute atomic E-state index is 0.342. The van der Waals surface area contributed by atoms with Crippen LogP contribution < -0.4 is 0 Å². The van der Waals surface area contributed by atoms with Crippen LogP contribution in [0.15, 0.2) is 0 Å². The molecular formula is C11H19NO5. The zero-order valence-electron chi connectivity index (χ0n) is 10.1. The molecule has 6 heteroatoms. The number of amides is 1. The fourth-order valence-electron chi connectivity index (χ4n) is 1.87. The molecule has 0 bridgehead atoms. The molecule has 6 nitrogen and oxygen atoms in total. The van der Waals surface area contributed by atoms with Crippen LogP contribution in [0.1, 0.15) is 26.7 Å². The number of carbonyl (C=O) groups excluding carboxylic acids is 1. The molecular weight excluding hydrogens is 226 g/mol. The maximum Gasteiger partial charge on any atom is 0.326 e. The summed E-state index contributed by atoms with van der Waals surface area (Å²) in [5.41, 5.74) is -0.970. The summed E-state index contributed by atoms with van der Waals surface area (Å²) < 4.78 is 0. The molecule has 0 radical (unpaired) electrons. The number of aliphatic hydroxyl groups is 2. The largest absolute Gasteiger partial charge is 0.480 e. The Kier molecular flexibility index (Phi) is 4.11. The van der Waals surface area contributed by atoms with Crippen molar-refractivity contribution in [3.05, 3.63) is 0 Å². The van der Waals surface area contributed by atoms with E-state index in [1.165, 1.54) is 4.90 Å². The van der Waals surface area contributed by atoms with Crippen LogP contribution in [-0.2, 0) is 9.59 Å². The highest BCUT2D eigenvalue weighted by Crippen LogP contribution is 2.25. The van der Waals surface area contributed by atoms with Gasteiger partial charge in [-0.15, -0.1) is 0 Å². The average molecular weight is 245 g/mol. The van der Waals surface area contributed by atoms with Crippen LogP contribution in [-0.4, -0.2) is 57.4 Å². The Balaban J connectivity index is 2.79. The zero-order valence-corrected chi connectivity index (χ0v) is 10.1. The molecule has 0 aromatic heterocycles. The summed E-state index contributed by atoms with van der Waals surface area (Å²) in [6, 6.07) is -0.855. The second-order valence-electron chi connectivity index (χ2n) is 5.08. The van der Waals surface area contributed by atoms with E-state index in [1.807, 2.05) is 0 Å². The SMILES string of the molecule is CC(C)(CO)C(O)C(=O)N1CCCC1C(=O)O. The second-order valence-corrected chi connectivity index (χ2v) is 5.08. The van der Waals surface area contributed by atoms with Crippen molar-refractivity contribution >= 4 is 11.9 Å². The van der Waals surface area contributed by atoms with E-state index in [9.17, 15) is 14.7 Å². The van der Waals surface area contributed by atoms with Gasteiger partial charge in [0.2, 0.25) is 0 Å². The van der Waals surface area contributed by atoms with Gasteiger partial charge < -0.3 is 20.2 Å². The van der Waals surface area contributed by atoms with Gasteiger partial charge in [-0.25, -0.2) is 4.79 Å². The van der Waals surface area contributed by atoms with Gasteiger partial charge in [0.25, 0.3) is 5.91 Å². The lowest BCUT2D eigenvalue weighted by Crippen LogP contribution is -2.50. The van der Waals surface area contributed by atoms with Crippen molar-refractivity contribution in [2.45, 2.75) is 38.8 Å². The van der Waals surface area contributed by atoms with Gasteiger partial charge in [0.15, 0.2) is 0 Å². The number of aliphatic hydroxyl groups excluding tert-OH is 2. The van der Waals surface area contributed by atoms with Gasteiger partial charge in [-0.3, -0.25) is 4.79 Å². The van der Waals surface area contributed by atoms with E-state index < -0.39 is 29.4 Å². The maximum atomic E-state index is 12.0. The minimum atomic E-state index is -1.38. The van der Waals surface area contributed by atoms with Crippen LogP contribution in [0, 0.1) is 5.41 Å². The fourth-order valence-corrected chi connectivity index (χ4v) is 1.87. The minimum Gasteiger partial charge on any atom is -0.480 e. The van der Waals surface area contributed by atoms with Crippen molar-refractivity contribution in [2.24, 2.45) is 5.41 Å². The van der Waals surface area contributed by atoms with Crippen LogP contribution in [0.5, 0.6) is 0 Å². The highest BCUT2D eigenvalue weighted by molar-refractivity contribution is 5.87. The van der Waals surface area contributed by atoms with Crippen molar-refractivity contribution in [1.29, 1.82) is 0 Å². The summed E-state index contributed by atoms with van der Waals surface area (Å²) >= 11 is 0. The van der Waals surface area contributed by atoms with Crippen LogP contribution in [0.4, 0.5) is 0 Å². The van der Waals surface area contributed by atoms with Gasteiger partial charge in [-0.05, 0) is 12.8 Å². The van der Waals surface area contributed by atoms with Crippen molar-refractivity contribution in [1.82, 2.24) is 4.90 Å². The number of rotatable bonds is 4. The van der Waals surface area contributed by atoms with E-state index in [4.69, 9.17) is 10.2 Å².